The number of ether oxygens (including phenoxy) is 2. The third kappa shape index (κ3) is 2.76. The van der Waals surface area contributed by atoms with Crippen molar-refractivity contribution >= 4 is 0 Å². The molecule has 0 bridgehead atoms. The molecule has 2 rings (SSSR count). The molecule has 17 heavy (non-hydrogen) atoms. The molecule has 1 atom stereocenters. The summed E-state index contributed by atoms with van der Waals surface area (Å²) in [6, 6.07) is 4.89. The molecule has 1 aromatic carbocycles. The van der Waals surface area contributed by atoms with Crippen molar-refractivity contribution < 1.29 is 13.9 Å². The molecule has 3 nitrogen and oxygen atoms in total. The number of rotatable bonds is 5. The van der Waals surface area contributed by atoms with Crippen LogP contribution in [-0.2, 0) is 4.74 Å². The Morgan fingerprint density at radius 1 is 1.53 bits per heavy atom. The standard InChI is InChI=1S/C13H18FNO2/c1-3-15-9(2)13-11(14)5-4-6-12(13)17-10-7-16-8-10/h4-6,9-10,15H,3,7-8H2,1-2H3. The van der Waals surface area contributed by atoms with E-state index in [9.17, 15) is 4.39 Å². The van der Waals surface area contributed by atoms with Gasteiger partial charge >= 0.3 is 0 Å². The van der Waals surface area contributed by atoms with Crippen LogP contribution in [0, 0.1) is 5.82 Å². The van der Waals surface area contributed by atoms with Crippen molar-refractivity contribution in [3.8, 4) is 5.75 Å². The number of halogens is 1. The molecular weight excluding hydrogens is 221 g/mol. The average Bonchev–Trinajstić information content (AvgIpc) is 2.23. The molecule has 0 amide bonds. The maximum Gasteiger partial charge on any atom is 0.145 e. The maximum atomic E-state index is 13.8. The third-order valence-electron chi connectivity index (χ3n) is 2.86. The molecule has 0 aliphatic carbocycles. The minimum absolute atomic E-state index is 0.0582. The van der Waals surface area contributed by atoms with E-state index in [-0.39, 0.29) is 18.0 Å². The van der Waals surface area contributed by atoms with E-state index in [2.05, 4.69) is 5.32 Å². The van der Waals surface area contributed by atoms with Gasteiger partial charge in [0.25, 0.3) is 0 Å². The molecule has 1 unspecified atom stereocenters. The van der Waals surface area contributed by atoms with Gasteiger partial charge in [-0.15, -0.1) is 0 Å². The van der Waals surface area contributed by atoms with Gasteiger partial charge in [-0.1, -0.05) is 13.0 Å². The van der Waals surface area contributed by atoms with E-state index < -0.39 is 0 Å². The summed E-state index contributed by atoms with van der Waals surface area (Å²) in [7, 11) is 0. The van der Waals surface area contributed by atoms with Crippen LogP contribution in [0.5, 0.6) is 5.75 Å². The van der Waals surface area contributed by atoms with E-state index in [0.29, 0.717) is 24.5 Å². The van der Waals surface area contributed by atoms with Crippen molar-refractivity contribution in [2.75, 3.05) is 19.8 Å². The summed E-state index contributed by atoms with van der Waals surface area (Å²) < 4.78 is 24.6. The van der Waals surface area contributed by atoms with Gasteiger partial charge in [0, 0.05) is 11.6 Å². The Bertz CT molecular complexity index is 380. The fraction of sp³-hybridized carbons (Fsp3) is 0.538. The maximum absolute atomic E-state index is 13.8. The number of benzene rings is 1. The summed E-state index contributed by atoms with van der Waals surface area (Å²) in [5, 5.41) is 3.20. The summed E-state index contributed by atoms with van der Waals surface area (Å²) in [6.45, 7) is 5.91. The van der Waals surface area contributed by atoms with Gasteiger partial charge in [-0.2, -0.15) is 0 Å². The fourth-order valence-electron chi connectivity index (χ4n) is 1.91. The van der Waals surface area contributed by atoms with Gasteiger partial charge in [-0.25, -0.2) is 4.39 Å². The van der Waals surface area contributed by atoms with Crippen LogP contribution in [-0.4, -0.2) is 25.9 Å². The van der Waals surface area contributed by atoms with Gasteiger partial charge in [0.1, 0.15) is 17.7 Å². The van der Waals surface area contributed by atoms with Gasteiger partial charge in [0.15, 0.2) is 0 Å². The van der Waals surface area contributed by atoms with E-state index in [1.807, 2.05) is 19.9 Å². The molecule has 1 heterocycles. The molecule has 1 saturated heterocycles. The van der Waals surface area contributed by atoms with Crippen molar-refractivity contribution in [1.82, 2.24) is 5.32 Å². The highest BCUT2D eigenvalue weighted by Crippen LogP contribution is 2.29. The summed E-state index contributed by atoms with van der Waals surface area (Å²) in [5.41, 5.74) is 0.598. The van der Waals surface area contributed by atoms with Crippen LogP contribution in [0.1, 0.15) is 25.5 Å². The molecule has 1 fully saturated rings. The van der Waals surface area contributed by atoms with Gasteiger partial charge in [-0.05, 0) is 25.6 Å². The van der Waals surface area contributed by atoms with E-state index in [4.69, 9.17) is 9.47 Å². The Labute approximate surface area is 101 Å². The normalized spacial score (nSPS) is 17.6. The van der Waals surface area contributed by atoms with Crippen LogP contribution in [0.3, 0.4) is 0 Å². The van der Waals surface area contributed by atoms with Crippen molar-refractivity contribution in [3.63, 3.8) is 0 Å². The van der Waals surface area contributed by atoms with Gasteiger partial charge < -0.3 is 14.8 Å². The van der Waals surface area contributed by atoms with E-state index in [0.717, 1.165) is 6.54 Å². The fourth-order valence-corrected chi connectivity index (χ4v) is 1.91. The van der Waals surface area contributed by atoms with Gasteiger partial charge in [0.2, 0.25) is 0 Å². The first-order chi connectivity index (χ1) is 8.22. The SMILES string of the molecule is CCNC(C)c1c(F)cccc1OC1COC1. The second-order valence-corrected chi connectivity index (χ2v) is 4.21. The molecule has 1 N–H and O–H groups in total. The molecule has 0 saturated carbocycles. The van der Waals surface area contributed by atoms with Crippen LogP contribution >= 0.6 is 0 Å². The number of hydrogen-bond acceptors (Lipinski definition) is 3. The molecule has 4 heteroatoms. The molecule has 1 aliphatic heterocycles. The second-order valence-electron chi connectivity index (χ2n) is 4.21. The lowest BCUT2D eigenvalue weighted by molar-refractivity contribution is -0.0802. The lowest BCUT2D eigenvalue weighted by Crippen LogP contribution is -2.39. The Kier molecular flexibility index (Phi) is 3.97. The lowest BCUT2D eigenvalue weighted by atomic mass is 10.1. The average molecular weight is 239 g/mol. The first-order valence-corrected chi connectivity index (χ1v) is 5.98. The van der Waals surface area contributed by atoms with Crippen LogP contribution in [0.25, 0.3) is 0 Å². The van der Waals surface area contributed by atoms with Crippen LogP contribution < -0.4 is 10.1 Å². The molecular formula is C13H18FNO2. The monoisotopic (exact) mass is 239 g/mol. The topological polar surface area (TPSA) is 30.5 Å². The first kappa shape index (κ1) is 12.3. The highest BCUT2D eigenvalue weighted by Gasteiger charge is 2.23. The Balaban J connectivity index is 2.20. The smallest absolute Gasteiger partial charge is 0.145 e. The second kappa shape index (κ2) is 5.47. The first-order valence-electron chi connectivity index (χ1n) is 5.98. The summed E-state index contributed by atoms with van der Waals surface area (Å²) in [4.78, 5) is 0. The Morgan fingerprint density at radius 3 is 2.88 bits per heavy atom. The molecule has 0 aromatic heterocycles. The summed E-state index contributed by atoms with van der Waals surface area (Å²) in [6.07, 6.45) is 0.0596. The largest absolute Gasteiger partial charge is 0.485 e. The summed E-state index contributed by atoms with van der Waals surface area (Å²) in [5.74, 6) is 0.392. The zero-order chi connectivity index (χ0) is 12.3. The molecule has 0 radical (unpaired) electrons. The van der Waals surface area contributed by atoms with E-state index >= 15 is 0 Å². The van der Waals surface area contributed by atoms with Crippen molar-refractivity contribution in [2.24, 2.45) is 0 Å². The minimum atomic E-state index is -0.226. The highest BCUT2D eigenvalue weighted by molar-refractivity contribution is 5.37. The highest BCUT2D eigenvalue weighted by atomic mass is 19.1. The van der Waals surface area contributed by atoms with Gasteiger partial charge in [-0.3, -0.25) is 0 Å². The lowest BCUT2D eigenvalue weighted by Gasteiger charge is -2.28. The van der Waals surface area contributed by atoms with Gasteiger partial charge in [0.05, 0.1) is 13.2 Å². The van der Waals surface area contributed by atoms with E-state index in [1.165, 1.54) is 6.07 Å². The van der Waals surface area contributed by atoms with Crippen molar-refractivity contribution in [3.05, 3.63) is 29.6 Å². The van der Waals surface area contributed by atoms with Crippen LogP contribution in [0.4, 0.5) is 4.39 Å². The minimum Gasteiger partial charge on any atom is -0.485 e. The Hall–Kier alpha value is -1.13. The molecule has 0 spiro atoms. The summed E-state index contributed by atoms with van der Waals surface area (Å²) >= 11 is 0. The van der Waals surface area contributed by atoms with Crippen LogP contribution in [0.2, 0.25) is 0 Å². The molecule has 1 aromatic rings. The van der Waals surface area contributed by atoms with Crippen molar-refractivity contribution in [2.45, 2.75) is 26.0 Å². The predicted octanol–water partition coefficient (Wildman–Crippen LogP) is 2.27. The van der Waals surface area contributed by atoms with E-state index in [1.54, 1.807) is 6.07 Å². The molecule has 1 aliphatic rings. The van der Waals surface area contributed by atoms with Crippen LogP contribution in [0.15, 0.2) is 18.2 Å². The number of hydrogen-bond donors (Lipinski definition) is 1. The zero-order valence-corrected chi connectivity index (χ0v) is 10.2. The Morgan fingerprint density at radius 2 is 2.29 bits per heavy atom. The quantitative estimate of drug-likeness (QED) is 0.855. The van der Waals surface area contributed by atoms with Crippen molar-refractivity contribution in [1.29, 1.82) is 0 Å². The number of nitrogens with one attached hydrogen (secondary N) is 1. The third-order valence-corrected chi connectivity index (χ3v) is 2.86. The predicted molar refractivity (Wildman–Crippen MR) is 63.7 cm³/mol. The molecule has 94 valence electrons. The zero-order valence-electron chi connectivity index (χ0n) is 10.2.